The number of hydrogen-bond donors (Lipinski definition) is 2. The zero-order valence-corrected chi connectivity index (χ0v) is 26.0. The molecule has 5 aliphatic heterocycles. The van der Waals surface area contributed by atoms with Crippen LogP contribution in [0.15, 0.2) is 36.5 Å². The van der Waals surface area contributed by atoms with E-state index in [9.17, 15) is 14.3 Å². The zero-order valence-electron chi connectivity index (χ0n) is 26.0. The molecule has 0 saturated carbocycles. The Hall–Kier alpha value is -4.76. The van der Waals surface area contributed by atoms with Crippen molar-refractivity contribution in [3.05, 3.63) is 47.9 Å². The van der Waals surface area contributed by atoms with Gasteiger partial charge in [0.15, 0.2) is 12.4 Å². The van der Waals surface area contributed by atoms with Crippen molar-refractivity contribution >= 4 is 33.6 Å². The van der Waals surface area contributed by atoms with Gasteiger partial charge in [-0.1, -0.05) is 24.0 Å². The van der Waals surface area contributed by atoms with E-state index in [1.54, 1.807) is 30.5 Å². The van der Waals surface area contributed by atoms with Gasteiger partial charge in [0.05, 0.1) is 16.5 Å². The van der Waals surface area contributed by atoms with E-state index in [0.29, 0.717) is 65.6 Å². The van der Waals surface area contributed by atoms with Gasteiger partial charge in [-0.25, -0.2) is 13.6 Å². The summed E-state index contributed by atoms with van der Waals surface area (Å²) in [5.41, 5.74) is -0.241. The number of nitrogens with one attached hydrogen (secondary N) is 1. The molecule has 0 radical (unpaired) electrons. The van der Waals surface area contributed by atoms with Gasteiger partial charge in [-0.05, 0) is 62.7 Å². The van der Waals surface area contributed by atoms with Crippen molar-refractivity contribution in [3.63, 3.8) is 0 Å². The second kappa shape index (κ2) is 11.2. The number of alkyl carbamates (subject to hydrolysis) is 1. The van der Waals surface area contributed by atoms with Crippen molar-refractivity contribution in [2.75, 3.05) is 44.3 Å². The Morgan fingerprint density at radius 2 is 2.09 bits per heavy atom. The number of aromatic nitrogens is 3. The molecule has 12 heteroatoms. The SMILES string of the molecule is C[C@@]12CCCN(C1)c1nc(OC[C@@]34CCCN3C[C@H](F)C4)nc3c(F)c(ncc13)-c1cc(O)cc3cccc(c13)C#CCOC(=O)N2. The molecule has 5 aliphatic rings. The van der Waals surface area contributed by atoms with Gasteiger partial charge < -0.3 is 24.8 Å². The second-order valence-corrected chi connectivity index (χ2v) is 13.4. The fraction of sp³-hybridized carbons (Fsp3) is 0.429. The summed E-state index contributed by atoms with van der Waals surface area (Å²) in [6.45, 7) is 4.11. The fourth-order valence-corrected chi connectivity index (χ4v) is 7.90. The third-order valence-electron chi connectivity index (χ3n) is 9.99. The smallest absolute Gasteiger partial charge is 0.408 e. The van der Waals surface area contributed by atoms with Crippen molar-refractivity contribution in [1.82, 2.24) is 25.2 Å². The lowest BCUT2D eigenvalue weighted by Gasteiger charge is -2.41. The molecular formula is C35H34F2N6O4. The molecule has 4 aromatic rings. The van der Waals surface area contributed by atoms with Gasteiger partial charge in [0.25, 0.3) is 0 Å². The highest BCUT2D eigenvalue weighted by atomic mass is 19.1. The molecule has 10 nitrogen and oxygen atoms in total. The van der Waals surface area contributed by atoms with E-state index in [1.807, 2.05) is 11.8 Å². The second-order valence-electron chi connectivity index (χ2n) is 13.4. The molecule has 2 aromatic carbocycles. The standard InChI is InChI=1S/C35H34F2N6O4/c1-34-9-4-11-42(19-34)31-26-17-38-29(25-15-24(44)14-22-7-2-6-21(27(22)25)8-3-13-46-33(45)41-34)28(37)30(26)39-32(40-31)47-20-35-10-5-12-43(35)18-23(36)16-35/h2,6-7,14-15,17,23,44H,4-5,9-13,16,18-20H2,1H3,(H,41,45)/t23-,34-,35+/m1/s1. The number of phenolic OH excluding ortho intramolecular Hbond substituents is 1. The first-order valence-corrected chi connectivity index (χ1v) is 16.0. The summed E-state index contributed by atoms with van der Waals surface area (Å²) in [4.78, 5) is 31.0. The maximum atomic E-state index is 16.9. The van der Waals surface area contributed by atoms with Crippen LogP contribution in [0, 0.1) is 17.7 Å². The van der Waals surface area contributed by atoms with Crippen molar-refractivity contribution in [2.45, 2.75) is 56.3 Å². The van der Waals surface area contributed by atoms with Gasteiger partial charge in [0.1, 0.15) is 35.6 Å². The molecule has 3 fully saturated rings. The lowest BCUT2D eigenvalue weighted by atomic mass is 9.91. The Labute approximate surface area is 270 Å². The van der Waals surface area contributed by atoms with E-state index in [0.717, 1.165) is 25.8 Å². The van der Waals surface area contributed by atoms with E-state index in [-0.39, 0.29) is 36.2 Å². The number of halogens is 2. The summed E-state index contributed by atoms with van der Waals surface area (Å²) in [7, 11) is 0. The summed E-state index contributed by atoms with van der Waals surface area (Å²) < 4.78 is 43.1. The molecule has 3 saturated heterocycles. The third kappa shape index (κ3) is 5.23. The van der Waals surface area contributed by atoms with Crippen molar-refractivity contribution in [3.8, 4) is 34.9 Å². The summed E-state index contributed by atoms with van der Waals surface area (Å²) in [5.74, 6) is 5.61. The van der Waals surface area contributed by atoms with E-state index in [2.05, 4.69) is 32.0 Å². The van der Waals surface area contributed by atoms with Crippen LogP contribution < -0.4 is 15.0 Å². The van der Waals surface area contributed by atoms with Crippen LogP contribution in [-0.4, -0.2) is 87.7 Å². The van der Waals surface area contributed by atoms with E-state index in [4.69, 9.17) is 14.5 Å². The molecule has 2 aromatic heterocycles. The van der Waals surface area contributed by atoms with Crippen LogP contribution >= 0.6 is 0 Å². The average molecular weight is 641 g/mol. The van der Waals surface area contributed by atoms with Gasteiger partial charge in [-0.2, -0.15) is 9.97 Å². The van der Waals surface area contributed by atoms with E-state index < -0.39 is 29.2 Å². The van der Waals surface area contributed by atoms with Crippen LogP contribution in [0.25, 0.3) is 32.9 Å². The van der Waals surface area contributed by atoms with E-state index in [1.165, 1.54) is 6.07 Å². The topological polar surface area (TPSA) is 113 Å². The summed E-state index contributed by atoms with van der Waals surface area (Å²) in [6.07, 6.45) is 3.58. The predicted octanol–water partition coefficient (Wildman–Crippen LogP) is 5.10. The number of amides is 1. The van der Waals surface area contributed by atoms with Crippen LogP contribution in [0.5, 0.6) is 11.8 Å². The number of phenols is 1. The Balaban J connectivity index is 1.32. The number of carbonyl (C=O) groups is 1. The summed E-state index contributed by atoms with van der Waals surface area (Å²) in [6, 6.07) is 8.38. The monoisotopic (exact) mass is 640 g/mol. The first kappa shape index (κ1) is 29.6. The Morgan fingerprint density at radius 1 is 1.21 bits per heavy atom. The number of benzene rings is 2. The lowest BCUT2D eigenvalue weighted by Crippen LogP contribution is -2.57. The van der Waals surface area contributed by atoms with Crippen molar-refractivity contribution in [2.24, 2.45) is 0 Å². The van der Waals surface area contributed by atoms with Gasteiger partial charge >= 0.3 is 12.1 Å². The minimum absolute atomic E-state index is 0.00888. The molecule has 3 atom stereocenters. The number of ether oxygens (including phenoxy) is 2. The van der Waals surface area contributed by atoms with Gasteiger partial charge in [-0.3, -0.25) is 9.88 Å². The molecule has 7 heterocycles. The van der Waals surface area contributed by atoms with Crippen molar-refractivity contribution < 1.29 is 28.2 Å². The zero-order chi connectivity index (χ0) is 32.3. The number of fused-ring (bicyclic) bond motifs is 6. The predicted molar refractivity (Wildman–Crippen MR) is 172 cm³/mol. The van der Waals surface area contributed by atoms with Crippen LogP contribution in [0.2, 0.25) is 0 Å². The van der Waals surface area contributed by atoms with Crippen LogP contribution in [-0.2, 0) is 4.74 Å². The third-order valence-corrected chi connectivity index (χ3v) is 9.99. The maximum Gasteiger partial charge on any atom is 0.408 e. The molecule has 0 spiro atoms. The number of anilines is 1. The first-order chi connectivity index (χ1) is 22.7. The molecule has 47 heavy (non-hydrogen) atoms. The Bertz CT molecular complexity index is 2000. The Morgan fingerprint density at radius 3 is 2.98 bits per heavy atom. The van der Waals surface area contributed by atoms with Crippen LogP contribution in [0.3, 0.4) is 0 Å². The average Bonchev–Trinajstić information content (AvgIpc) is 3.56. The molecule has 6 bridgehead atoms. The minimum Gasteiger partial charge on any atom is -0.508 e. The maximum absolute atomic E-state index is 16.9. The number of piperidine rings is 1. The highest BCUT2D eigenvalue weighted by molar-refractivity contribution is 6.03. The largest absolute Gasteiger partial charge is 0.508 e. The molecule has 1 amide bonds. The summed E-state index contributed by atoms with van der Waals surface area (Å²) >= 11 is 0. The summed E-state index contributed by atoms with van der Waals surface area (Å²) in [5, 5.41) is 15.3. The fourth-order valence-electron chi connectivity index (χ4n) is 7.90. The highest BCUT2D eigenvalue weighted by Gasteiger charge is 2.49. The van der Waals surface area contributed by atoms with Crippen molar-refractivity contribution in [1.29, 1.82) is 0 Å². The van der Waals surface area contributed by atoms with Gasteiger partial charge in [0, 0.05) is 48.8 Å². The number of pyridine rings is 1. The number of alkyl halides is 1. The number of nitrogens with zero attached hydrogens (tertiary/aromatic N) is 5. The molecule has 242 valence electrons. The van der Waals surface area contributed by atoms with Gasteiger partial charge in [0.2, 0.25) is 0 Å². The lowest BCUT2D eigenvalue weighted by molar-refractivity contribution is 0.107. The molecular weight excluding hydrogens is 606 g/mol. The molecule has 0 unspecified atom stereocenters. The number of rotatable bonds is 3. The number of carbonyl (C=O) groups excluding carboxylic acids is 1. The molecule has 0 aliphatic carbocycles. The normalized spacial score (nSPS) is 25.7. The molecule has 9 rings (SSSR count). The van der Waals surface area contributed by atoms with Gasteiger partial charge in [-0.15, -0.1) is 0 Å². The Kier molecular flexibility index (Phi) is 7.06. The number of hydrogen-bond acceptors (Lipinski definition) is 9. The van der Waals surface area contributed by atoms with Crippen LogP contribution in [0.1, 0.15) is 44.6 Å². The van der Waals surface area contributed by atoms with E-state index >= 15 is 4.39 Å². The molecule has 2 N–H and O–H groups in total. The number of aromatic hydroxyl groups is 1. The minimum atomic E-state index is -0.925. The quantitative estimate of drug-likeness (QED) is 0.296. The first-order valence-electron chi connectivity index (χ1n) is 16.0. The highest BCUT2D eigenvalue weighted by Crippen LogP contribution is 2.42. The van der Waals surface area contributed by atoms with Crippen LogP contribution in [0.4, 0.5) is 19.4 Å².